The molecule has 1 amide bonds. The summed E-state index contributed by atoms with van der Waals surface area (Å²) in [5.41, 5.74) is 0.774. The van der Waals surface area contributed by atoms with Gasteiger partial charge in [0.15, 0.2) is 0 Å². The highest BCUT2D eigenvalue weighted by Crippen LogP contribution is 2.23. The van der Waals surface area contributed by atoms with E-state index in [9.17, 15) is 14.4 Å². The summed E-state index contributed by atoms with van der Waals surface area (Å²) in [5.74, 6) is -0.381. The lowest BCUT2D eigenvalue weighted by atomic mass is 10.3. The fourth-order valence-electron chi connectivity index (χ4n) is 2.74. The van der Waals surface area contributed by atoms with Gasteiger partial charge in [0.25, 0.3) is 11.5 Å². The number of carbonyl (C=O) groups excluding carboxylic acids is 1. The summed E-state index contributed by atoms with van der Waals surface area (Å²) in [6, 6.07) is 1.17. The molecule has 9 nitrogen and oxygen atoms in total. The van der Waals surface area contributed by atoms with Crippen LogP contribution in [0.1, 0.15) is 21.7 Å². The Bertz CT molecular complexity index is 892. The predicted molar refractivity (Wildman–Crippen MR) is 79.8 cm³/mol. The van der Waals surface area contributed by atoms with E-state index in [4.69, 9.17) is 5.11 Å². The van der Waals surface area contributed by atoms with Gasteiger partial charge in [-0.05, 0) is 0 Å². The van der Waals surface area contributed by atoms with Gasteiger partial charge in [0.2, 0.25) is 0 Å². The largest absolute Gasteiger partial charge is 0.394 e. The van der Waals surface area contributed by atoms with Crippen molar-refractivity contribution >= 4 is 5.91 Å². The van der Waals surface area contributed by atoms with Gasteiger partial charge in [0.05, 0.1) is 31.6 Å². The Hall–Kier alpha value is -2.68. The average Bonchev–Trinajstić information content (AvgIpc) is 3.10. The average molecular weight is 319 g/mol. The normalized spacial score (nSPS) is 13.4. The highest BCUT2D eigenvalue weighted by Gasteiger charge is 2.29. The molecule has 0 saturated carbocycles. The first-order valence-corrected chi connectivity index (χ1v) is 7.14. The first kappa shape index (κ1) is 15.2. The van der Waals surface area contributed by atoms with Crippen LogP contribution in [0.25, 0.3) is 0 Å². The molecule has 1 N–H and O–H groups in total. The zero-order valence-electron chi connectivity index (χ0n) is 12.9. The van der Waals surface area contributed by atoms with Crippen LogP contribution in [0, 0.1) is 0 Å². The van der Waals surface area contributed by atoms with Gasteiger partial charge in [-0.2, -0.15) is 5.10 Å². The Kier molecular flexibility index (Phi) is 3.64. The van der Waals surface area contributed by atoms with E-state index in [0.717, 1.165) is 15.8 Å². The molecule has 0 radical (unpaired) electrons. The van der Waals surface area contributed by atoms with Crippen LogP contribution in [0.3, 0.4) is 0 Å². The molecule has 1 aliphatic heterocycles. The lowest BCUT2D eigenvalue weighted by Crippen LogP contribution is -2.41. The van der Waals surface area contributed by atoms with Gasteiger partial charge < -0.3 is 10.0 Å². The van der Waals surface area contributed by atoms with Crippen molar-refractivity contribution in [3.05, 3.63) is 50.1 Å². The molecule has 0 saturated heterocycles. The van der Waals surface area contributed by atoms with E-state index in [2.05, 4.69) is 5.10 Å². The minimum Gasteiger partial charge on any atom is -0.394 e. The van der Waals surface area contributed by atoms with Gasteiger partial charge in [-0.1, -0.05) is 0 Å². The minimum absolute atomic E-state index is 0.0364. The fraction of sp³-hybridized carbons (Fsp3) is 0.429. The second kappa shape index (κ2) is 5.51. The summed E-state index contributed by atoms with van der Waals surface area (Å²) in [6.07, 6.45) is 1.67. The number of carbonyl (C=O) groups is 1. The van der Waals surface area contributed by atoms with Gasteiger partial charge in [0, 0.05) is 32.3 Å². The van der Waals surface area contributed by atoms with Crippen LogP contribution in [0.15, 0.2) is 21.9 Å². The lowest BCUT2D eigenvalue weighted by Gasteiger charge is -2.18. The van der Waals surface area contributed by atoms with Crippen molar-refractivity contribution in [1.82, 2.24) is 23.8 Å². The number of aliphatic hydroxyl groups excluding tert-OH is 1. The van der Waals surface area contributed by atoms with Crippen LogP contribution in [-0.2, 0) is 33.7 Å². The second-order valence-corrected chi connectivity index (χ2v) is 5.49. The molecule has 2 aromatic heterocycles. The van der Waals surface area contributed by atoms with Crippen molar-refractivity contribution in [1.29, 1.82) is 0 Å². The zero-order valence-corrected chi connectivity index (χ0v) is 12.9. The molecular weight excluding hydrogens is 302 g/mol. The number of aromatic nitrogens is 4. The molecule has 0 unspecified atom stereocenters. The van der Waals surface area contributed by atoms with Crippen molar-refractivity contribution in [2.45, 2.75) is 19.6 Å². The van der Waals surface area contributed by atoms with Crippen LogP contribution in [-0.4, -0.2) is 41.4 Å². The molecule has 9 heteroatoms. The molecular formula is C14H17N5O4. The maximum absolute atomic E-state index is 12.7. The number of hydrogen-bond donors (Lipinski definition) is 1. The first-order chi connectivity index (χ1) is 10.9. The standard InChI is InChI=1S/C14H17N5O4/c1-16-10(5-12(21)17(2)14(16)23)13(22)18-7-9-6-15-19(3-4-20)11(9)8-18/h5-6,20H,3-4,7-8H2,1-2H3. The van der Waals surface area contributed by atoms with E-state index < -0.39 is 11.2 Å². The summed E-state index contributed by atoms with van der Waals surface area (Å²) in [6.45, 7) is 1.02. The lowest BCUT2D eigenvalue weighted by molar-refractivity contribution is 0.0735. The van der Waals surface area contributed by atoms with Gasteiger partial charge >= 0.3 is 5.69 Å². The molecule has 3 heterocycles. The first-order valence-electron chi connectivity index (χ1n) is 7.14. The Labute approximate surface area is 131 Å². The van der Waals surface area contributed by atoms with Crippen LogP contribution in [0.4, 0.5) is 0 Å². The molecule has 0 aliphatic carbocycles. The summed E-state index contributed by atoms with van der Waals surface area (Å²) in [5, 5.41) is 13.2. The number of nitrogens with zero attached hydrogens (tertiary/aromatic N) is 5. The summed E-state index contributed by atoms with van der Waals surface area (Å²) < 4.78 is 3.78. The number of aliphatic hydroxyl groups is 1. The summed E-state index contributed by atoms with van der Waals surface area (Å²) >= 11 is 0. The smallest absolute Gasteiger partial charge is 0.331 e. The molecule has 0 aromatic carbocycles. The summed E-state index contributed by atoms with van der Waals surface area (Å²) in [7, 11) is 2.83. The molecule has 122 valence electrons. The van der Waals surface area contributed by atoms with E-state index in [1.807, 2.05) is 0 Å². The van der Waals surface area contributed by atoms with E-state index in [0.29, 0.717) is 19.6 Å². The third-order valence-corrected chi connectivity index (χ3v) is 4.08. The number of fused-ring (bicyclic) bond motifs is 1. The highest BCUT2D eigenvalue weighted by molar-refractivity contribution is 5.92. The van der Waals surface area contributed by atoms with Crippen molar-refractivity contribution in [2.75, 3.05) is 6.61 Å². The molecule has 0 atom stereocenters. The SMILES string of the molecule is Cn1c(C(=O)N2Cc3cnn(CCO)c3C2)cc(=O)n(C)c1=O. The maximum Gasteiger partial charge on any atom is 0.331 e. The molecule has 1 aliphatic rings. The second-order valence-electron chi connectivity index (χ2n) is 5.49. The van der Waals surface area contributed by atoms with Crippen LogP contribution < -0.4 is 11.2 Å². The fourth-order valence-corrected chi connectivity index (χ4v) is 2.74. The van der Waals surface area contributed by atoms with Crippen LogP contribution >= 0.6 is 0 Å². The number of rotatable bonds is 3. The Morgan fingerprint density at radius 1 is 1.26 bits per heavy atom. The Morgan fingerprint density at radius 2 is 2.00 bits per heavy atom. The van der Waals surface area contributed by atoms with Crippen LogP contribution in [0.5, 0.6) is 0 Å². The number of hydrogen-bond acceptors (Lipinski definition) is 5. The van der Waals surface area contributed by atoms with Gasteiger partial charge in [-0.15, -0.1) is 0 Å². The Morgan fingerprint density at radius 3 is 2.70 bits per heavy atom. The molecule has 0 fully saturated rings. The topological polar surface area (TPSA) is 102 Å². The predicted octanol–water partition coefficient (Wildman–Crippen LogP) is -1.57. The minimum atomic E-state index is -0.538. The van der Waals surface area contributed by atoms with Crippen molar-refractivity contribution in [3.8, 4) is 0 Å². The maximum atomic E-state index is 12.7. The van der Waals surface area contributed by atoms with E-state index in [1.54, 1.807) is 15.8 Å². The van der Waals surface area contributed by atoms with Crippen molar-refractivity contribution in [3.63, 3.8) is 0 Å². The third kappa shape index (κ3) is 2.38. The third-order valence-electron chi connectivity index (χ3n) is 4.08. The molecule has 0 spiro atoms. The van der Waals surface area contributed by atoms with Gasteiger partial charge in [-0.3, -0.25) is 23.4 Å². The highest BCUT2D eigenvalue weighted by atomic mass is 16.3. The van der Waals surface area contributed by atoms with Crippen molar-refractivity contribution in [2.24, 2.45) is 14.1 Å². The number of amides is 1. The molecule has 3 rings (SSSR count). The quantitative estimate of drug-likeness (QED) is 0.736. The van der Waals surface area contributed by atoms with E-state index in [-0.39, 0.29) is 18.2 Å². The van der Waals surface area contributed by atoms with Crippen molar-refractivity contribution < 1.29 is 9.90 Å². The Balaban J connectivity index is 1.92. The summed E-state index contributed by atoms with van der Waals surface area (Å²) in [4.78, 5) is 37.9. The van der Waals surface area contributed by atoms with E-state index >= 15 is 0 Å². The van der Waals surface area contributed by atoms with E-state index in [1.165, 1.54) is 24.7 Å². The molecule has 0 bridgehead atoms. The zero-order chi connectivity index (χ0) is 16.7. The molecule has 23 heavy (non-hydrogen) atoms. The molecule has 2 aromatic rings. The monoisotopic (exact) mass is 319 g/mol. The van der Waals surface area contributed by atoms with Crippen LogP contribution in [0.2, 0.25) is 0 Å². The van der Waals surface area contributed by atoms with Gasteiger partial charge in [-0.25, -0.2) is 4.79 Å². The van der Waals surface area contributed by atoms with Gasteiger partial charge in [0.1, 0.15) is 5.69 Å².